The lowest BCUT2D eigenvalue weighted by atomic mass is 10.1. The van der Waals surface area contributed by atoms with E-state index in [1.165, 1.54) is 4.90 Å². The van der Waals surface area contributed by atoms with E-state index in [9.17, 15) is 9.59 Å². The van der Waals surface area contributed by atoms with Gasteiger partial charge in [0.15, 0.2) is 0 Å². The van der Waals surface area contributed by atoms with Gasteiger partial charge in [-0.3, -0.25) is 0 Å². The summed E-state index contributed by atoms with van der Waals surface area (Å²) in [6.45, 7) is 2.55. The van der Waals surface area contributed by atoms with E-state index in [0.29, 0.717) is 35.9 Å². The SMILES string of the molecule is CCOC(=O)N(C)CCc1ccccc1OC(=O)c1ccc(Cl)cc1. The minimum absolute atomic E-state index is 0.332. The van der Waals surface area contributed by atoms with E-state index in [2.05, 4.69) is 0 Å². The molecule has 0 aliphatic heterocycles. The second-order valence-electron chi connectivity index (χ2n) is 5.37. The molecule has 5 nitrogen and oxygen atoms in total. The van der Waals surface area contributed by atoms with Crippen LogP contribution in [0.1, 0.15) is 22.8 Å². The van der Waals surface area contributed by atoms with Gasteiger partial charge in [-0.1, -0.05) is 29.8 Å². The van der Waals surface area contributed by atoms with Gasteiger partial charge in [-0.15, -0.1) is 0 Å². The van der Waals surface area contributed by atoms with Crippen LogP contribution in [0, 0.1) is 0 Å². The lowest BCUT2D eigenvalue weighted by Crippen LogP contribution is -2.29. The van der Waals surface area contributed by atoms with E-state index in [-0.39, 0.29) is 6.09 Å². The third-order valence-corrected chi connectivity index (χ3v) is 3.80. The van der Waals surface area contributed by atoms with E-state index in [1.54, 1.807) is 50.4 Å². The highest BCUT2D eigenvalue weighted by atomic mass is 35.5. The number of rotatable bonds is 6. The lowest BCUT2D eigenvalue weighted by Gasteiger charge is -2.17. The number of amides is 1. The van der Waals surface area contributed by atoms with Gasteiger partial charge in [0.05, 0.1) is 12.2 Å². The Morgan fingerprint density at radius 1 is 1.08 bits per heavy atom. The Balaban J connectivity index is 2.03. The fraction of sp³-hybridized carbons (Fsp3) is 0.263. The molecule has 0 aliphatic carbocycles. The molecule has 0 atom stereocenters. The first-order valence-corrected chi connectivity index (χ1v) is 8.32. The number of benzene rings is 2. The molecule has 2 aromatic carbocycles. The maximum absolute atomic E-state index is 12.3. The van der Waals surface area contributed by atoms with E-state index in [0.717, 1.165) is 5.56 Å². The number of halogens is 1. The molecule has 0 radical (unpaired) electrons. The highest BCUT2D eigenvalue weighted by Crippen LogP contribution is 2.21. The number of hydrogen-bond acceptors (Lipinski definition) is 4. The van der Waals surface area contributed by atoms with E-state index < -0.39 is 5.97 Å². The van der Waals surface area contributed by atoms with Crippen molar-refractivity contribution in [3.8, 4) is 5.75 Å². The first kappa shape index (κ1) is 18.8. The molecule has 0 unspecified atom stereocenters. The number of esters is 1. The van der Waals surface area contributed by atoms with E-state index in [1.807, 2.05) is 12.1 Å². The summed E-state index contributed by atoms with van der Waals surface area (Å²) in [5, 5.41) is 0.555. The summed E-state index contributed by atoms with van der Waals surface area (Å²) in [5.41, 5.74) is 1.25. The summed E-state index contributed by atoms with van der Waals surface area (Å²) in [6.07, 6.45) is 0.164. The van der Waals surface area contributed by atoms with Crippen LogP contribution in [0.3, 0.4) is 0 Å². The second-order valence-corrected chi connectivity index (χ2v) is 5.81. The Hall–Kier alpha value is -2.53. The van der Waals surface area contributed by atoms with Crippen molar-refractivity contribution >= 4 is 23.7 Å². The summed E-state index contributed by atoms with van der Waals surface area (Å²) in [4.78, 5) is 25.4. The maximum atomic E-state index is 12.3. The normalized spacial score (nSPS) is 10.2. The Labute approximate surface area is 152 Å². The molecule has 6 heteroatoms. The quantitative estimate of drug-likeness (QED) is 0.572. The molecule has 0 fully saturated rings. The maximum Gasteiger partial charge on any atom is 0.409 e. The predicted octanol–water partition coefficient (Wildman–Crippen LogP) is 4.19. The van der Waals surface area contributed by atoms with E-state index >= 15 is 0 Å². The Kier molecular flexibility index (Phi) is 6.83. The fourth-order valence-corrected chi connectivity index (χ4v) is 2.29. The standard InChI is InChI=1S/C19H20ClNO4/c1-3-24-19(23)21(2)13-12-14-6-4-5-7-17(14)25-18(22)15-8-10-16(20)11-9-15/h4-11H,3,12-13H2,1-2H3. The lowest BCUT2D eigenvalue weighted by molar-refractivity contribution is 0.0732. The second kappa shape index (κ2) is 9.08. The van der Waals surface area contributed by atoms with Gasteiger partial charge >= 0.3 is 12.1 Å². The van der Waals surface area contributed by atoms with Gasteiger partial charge in [0.25, 0.3) is 0 Å². The van der Waals surface area contributed by atoms with Gasteiger partial charge in [0, 0.05) is 18.6 Å². The summed E-state index contributed by atoms with van der Waals surface area (Å²) in [7, 11) is 1.67. The van der Waals surface area contributed by atoms with Gasteiger partial charge in [0.2, 0.25) is 0 Å². The van der Waals surface area contributed by atoms with Gasteiger partial charge in [-0.05, 0) is 49.2 Å². The molecule has 0 saturated heterocycles. The Morgan fingerprint density at radius 3 is 2.44 bits per heavy atom. The predicted molar refractivity (Wildman–Crippen MR) is 96.2 cm³/mol. The topological polar surface area (TPSA) is 55.8 Å². The van der Waals surface area contributed by atoms with Crippen molar-refractivity contribution in [1.29, 1.82) is 0 Å². The highest BCUT2D eigenvalue weighted by Gasteiger charge is 2.14. The number of ether oxygens (including phenoxy) is 2. The van der Waals surface area contributed by atoms with Gasteiger partial charge in [-0.2, -0.15) is 0 Å². The first-order valence-electron chi connectivity index (χ1n) is 7.94. The summed E-state index contributed by atoms with van der Waals surface area (Å²) in [5.74, 6) is 0.0163. The van der Waals surface area contributed by atoms with Crippen LogP contribution in [0.5, 0.6) is 5.75 Å². The zero-order chi connectivity index (χ0) is 18.2. The van der Waals surface area contributed by atoms with Crippen LogP contribution < -0.4 is 4.74 Å². The summed E-state index contributed by atoms with van der Waals surface area (Å²) >= 11 is 5.83. The van der Waals surface area contributed by atoms with Gasteiger partial charge < -0.3 is 14.4 Å². The molecule has 2 rings (SSSR count). The average Bonchev–Trinajstić information content (AvgIpc) is 2.61. The molecule has 0 N–H and O–H groups in total. The largest absolute Gasteiger partial charge is 0.450 e. The summed E-state index contributed by atoms with van der Waals surface area (Å²) < 4.78 is 10.4. The molecule has 1 amide bonds. The molecule has 0 aliphatic rings. The highest BCUT2D eigenvalue weighted by molar-refractivity contribution is 6.30. The monoisotopic (exact) mass is 361 g/mol. The fourth-order valence-electron chi connectivity index (χ4n) is 2.17. The van der Waals surface area contributed by atoms with E-state index in [4.69, 9.17) is 21.1 Å². The van der Waals surface area contributed by atoms with Crippen molar-refractivity contribution in [3.63, 3.8) is 0 Å². The van der Waals surface area contributed by atoms with Gasteiger partial charge in [-0.25, -0.2) is 9.59 Å². The molecule has 0 saturated carbocycles. The van der Waals surface area contributed by atoms with Crippen LogP contribution in [0.4, 0.5) is 4.79 Å². The number of carbonyl (C=O) groups excluding carboxylic acids is 2. The van der Waals surface area contributed by atoms with Crippen LogP contribution in [0.2, 0.25) is 5.02 Å². The average molecular weight is 362 g/mol. The van der Waals surface area contributed by atoms with Crippen LogP contribution in [-0.4, -0.2) is 37.2 Å². The minimum atomic E-state index is -0.456. The van der Waals surface area contributed by atoms with Crippen molar-refractivity contribution < 1.29 is 19.1 Å². The number of likely N-dealkylation sites (N-methyl/N-ethyl adjacent to an activating group) is 1. The molecule has 0 aromatic heterocycles. The van der Waals surface area contributed by atoms with Crippen molar-refractivity contribution in [2.75, 3.05) is 20.2 Å². The zero-order valence-corrected chi connectivity index (χ0v) is 15.0. The molecule has 25 heavy (non-hydrogen) atoms. The zero-order valence-electron chi connectivity index (χ0n) is 14.2. The number of hydrogen-bond donors (Lipinski definition) is 0. The van der Waals surface area contributed by atoms with Crippen LogP contribution in [0.25, 0.3) is 0 Å². The molecule has 2 aromatic rings. The molecule has 0 spiro atoms. The number of nitrogens with zero attached hydrogens (tertiary/aromatic N) is 1. The molecular formula is C19H20ClNO4. The Bertz CT molecular complexity index is 730. The van der Waals surface area contributed by atoms with Gasteiger partial charge in [0.1, 0.15) is 5.75 Å². The molecule has 0 bridgehead atoms. The molecule has 132 valence electrons. The summed E-state index contributed by atoms with van der Waals surface area (Å²) in [6, 6.07) is 13.7. The van der Waals surface area contributed by atoms with Crippen molar-refractivity contribution in [2.24, 2.45) is 0 Å². The van der Waals surface area contributed by atoms with Crippen LogP contribution in [-0.2, 0) is 11.2 Å². The molecule has 0 heterocycles. The smallest absolute Gasteiger partial charge is 0.409 e. The van der Waals surface area contributed by atoms with Crippen LogP contribution >= 0.6 is 11.6 Å². The third kappa shape index (κ3) is 5.50. The van der Waals surface area contributed by atoms with Crippen molar-refractivity contribution in [2.45, 2.75) is 13.3 Å². The number of carbonyl (C=O) groups is 2. The van der Waals surface area contributed by atoms with Crippen LogP contribution in [0.15, 0.2) is 48.5 Å². The Morgan fingerprint density at radius 2 is 1.76 bits per heavy atom. The molecular weight excluding hydrogens is 342 g/mol. The third-order valence-electron chi connectivity index (χ3n) is 3.55. The minimum Gasteiger partial charge on any atom is -0.450 e. The number of para-hydroxylation sites is 1. The first-order chi connectivity index (χ1) is 12.0. The van der Waals surface area contributed by atoms with Crippen molar-refractivity contribution in [1.82, 2.24) is 4.90 Å². The van der Waals surface area contributed by atoms with Crippen molar-refractivity contribution in [3.05, 3.63) is 64.7 Å².